The molecular formula is C15H15ClN4O. The van der Waals surface area contributed by atoms with Crippen LogP contribution in [0.4, 0.5) is 0 Å². The van der Waals surface area contributed by atoms with Crippen LogP contribution in [-0.2, 0) is 6.54 Å². The first-order chi connectivity index (χ1) is 9.69. The standard InChI is InChI=1S/C15H14N4O.ClH/c16-8-10-4-6-12(7-5-10)19-9-11-2-1-3-13(15(17)20)14(11)18-19;/h1-7,9H,8,16H2,(H2,17,20);1H. The quantitative estimate of drug-likeness (QED) is 0.776. The first kappa shape index (κ1) is 15.0. The minimum atomic E-state index is -0.473. The smallest absolute Gasteiger partial charge is 0.250 e. The van der Waals surface area contributed by atoms with Gasteiger partial charge < -0.3 is 11.5 Å². The van der Waals surface area contributed by atoms with Gasteiger partial charge in [0.15, 0.2) is 0 Å². The van der Waals surface area contributed by atoms with Gasteiger partial charge in [-0.2, -0.15) is 5.10 Å². The molecule has 21 heavy (non-hydrogen) atoms. The molecule has 4 N–H and O–H groups in total. The number of primary amides is 1. The van der Waals surface area contributed by atoms with Gasteiger partial charge in [0.05, 0.1) is 11.3 Å². The van der Waals surface area contributed by atoms with E-state index in [2.05, 4.69) is 5.10 Å². The van der Waals surface area contributed by atoms with E-state index in [1.807, 2.05) is 36.5 Å². The van der Waals surface area contributed by atoms with Crippen molar-refractivity contribution >= 4 is 29.2 Å². The molecule has 0 spiro atoms. The lowest BCUT2D eigenvalue weighted by Gasteiger charge is -2.02. The van der Waals surface area contributed by atoms with E-state index in [9.17, 15) is 4.79 Å². The molecule has 5 nitrogen and oxygen atoms in total. The van der Waals surface area contributed by atoms with E-state index in [0.29, 0.717) is 17.6 Å². The second-order valence-corrected chi connectivity index (χ2v) is 4.55. The molecule has 0 saturated heterocycles. The maximum absolute atomic E-state index is 11.4. The monoisotopic (exact) mass is 302 g/mol. The highest BCUT2D eigenvalue weighted by molar-refractivity contribution is 6.04. The van der Waals surface area contributed by atoms with Gasteiger partial charge in [0.1, 0.15) is 5.52 Å². The van der Waals surface area contributed by atoms with Crippen molar-refractivity contribution < 1.29 is 4.79 Å². The van der Waals surface area contributed by atoms with E-state index < -0.39 is 5.91 Å². The van der Waals surface area contributed by atoms with E-state index in [4.69, 9.17) is 11.5 Å². The Balaban J connectivity index is 0.00000161. The van der Waals surface area contributed by atoms with E-state index in [1.165, 1.54) is 0 Å². The number of nitrogens with two attached hydrogens (primary N) is 2. The zero-order valence-corrected chi connectivity index (χ0v) is 12.0. The van der Waals surface area contributed by atoms with Gasteiger partial charge in [-0.25, -0.2) is 4.68 Å². The molecule has 0 aliphatic rings. The lowest BCUT2D eigenvalue weighted by atomic mass is 10.1. The average Bonchev–Trinajstić information content (AvgIpc) is 2.90. The number of carbonyl (C=O) groups excluding carboxylic acids is 1. The fourth-order valence-corrected chi connectivity index (χ4v) is 2.16. The number of nitrogens with zero attached hydrogens (tertiary/aromatic N) is 2. The Morgan fingerprint density at radius 3 is 2.48 bits per heavy atom. The van der Waals surface area contributed by atoms with Crippen molar-refractivity contribution in [2.45, 2.75) is 6.54 Å². The third-order valence-electron chi connectivity index (χ3n) is 3.24. The average molecular weight is 303 g/mol. The van der Waals surface area contributed by atoms with Crippen LogP contribution in [0.15, 0.2) is 48.7 Å². The Morgan fingerprint density at radius 2 is 1.86 bits per heavy atom. The normalized spacial score (nSPS) is 10.3. The molecule has 0 saturated carbocycles. The summed E-state index contributed by atoms with van der Waals surface area (Å²) in [6.07, 6.45) is 1.87. The SMILES string of the molecule is Cl.NCc1ccc(-n2cc3cccc(C(N)=O)c3n2)cc1. The van der Waals surface area contributed by atoms with E-state index in [1.54, 1.807) is 16.8 Å². The van der Waals surface area contributed by atoms with Crippen LogP contribution in [0.25, 0.3) is 16.6 Å². The molecule has 2 aromatic carbocycles. The molecule has 0 unspecified atom stereocenters. The highest BCUT2D eigenvalue weighted by Crippen LogP contribution is 2.19. The zero-order valence-electron chi connectivity index (χ0n) is 11.2. The van der Waals surface area contributed by atoms with Crippen molar-refractivity contribution in [1.82, 2.24) is 9.78 Å². The van der Waals surface area contributed by atoms with E-state index >= 15 is 0 Å². The maximum atomic E-state index is 11.4. The summed E-state index contributed by atoms with van der Waals surface area (Å²) >= 11 is 0. The molecule has 0 aliphatic heterocycles. The fraction of sp³-hybridized carbons (Fsp3) is 0.0667. The molecule has 0 atom stereocenters. The van der Waals surface area contributed by atoms with Crippen molar-refractivity contribution in [3.05, 3.63) is 59.8 Å². The van der Waals surface area contributed by atoms with Crippen molar-refractivity contribution in [3.63, 3.8) is 0 Å². The number of rotatable bonds is 3. The molecule has 3 rings (SSSR count). The van der Waals surface area contributed by atoms with Gasteiger partial charge >= 0.3 is 0 Å². The summed E-state index contributed by atoms with van der Waals surface area (Å²) in [6.45, 7) is 0.507. The summed E-state index contributed by atoms with van der Waals surface area (Å²) in [5.74, 6) is -0.473. The lowest BCUT2D eigenvalue weighted by molar-refractivity contribution is 0.100. The number of amides is 1. The van der Waals surface area contributed by atoms with Crippen LogP contribution < -0.4 is 11.5 Å². The van der Waals surface area contributed by atoms with Gasteiger partial charge in [0, 0.05) is 18.1 Å². The van der Waals surface area contributed by atoms with Crippen LogP contribution >= 0.6 is 12.4 Å². The Bertz CT molecular complexity index is 780. The van der Waals surface area contributed by atoms with Gasteiger partial charge in [-0.1, -0.05) is 24.3 Å². The molecule has 0 bridgehead atoms. The maximum Gasteiger partial charge on any atom is 0.250 e. The van der Waals surface area contributed by atoms with Crippen LogP contribution in [0.5, 0.6) is 0 Å². The third-order valence-corrected chi connectivity index (χ3v) is 3.24. The molecule has 3 aromatic rings. The highest BCUT2D eigenvalue weighted by atomic mass is 35.5. The number of halogens is 1. The predicted octanol–water partition coefficient (Wildman–Crippen LogP) is 2.00. The van der Waals surface area contributed by atoms with E-state index in [-0.39, 0.29) is 12.4 Å². The first-order valence-electron chi connectivity index (χ1n) is 6.26. The van der Waals surface area contributed by atoms with Crippen molar-refractivity contribution in [2.24, 2.45) is 11.5 Å². The minimum absolute atomic E-state index is 0. The molecule has 0 radical (unpaired) electrons. The molecule has 108 valence electrons. The molecule has 1 amide bonds. The number of benzene rings is 2. The van der Waals surface area contributed by atoms with Crippen LogP contribution in [0.1, 0.15) is 15.9 Å². The second kappa shape index (κ2) is 5.95. The van der Waals surface area contributed by atoms with Crippen molar-refractivity contribution in [3.8, 4) is 5.69 Å². The zero-order chi connectivity index (χ0) is 14.1. The second-order valence-electron chi connectivity index (χ2n) is 4.55. The molecule has 0 aliphatic carbocycles. The number of aromatic nitrogens is 2. The first-order valence-corrected chi connectivity index (χ1v) is 6.26. The van der Waals surface area contributed by atoms with Crippen LogP contribution in [0.2, 0.25) is 0 Å². The molecule has 6 heteroatoms. The Labute approximate surface area is 128 Å². The van der Waals surface area contributed by atoms with E-state index in [0.717, 1.165) is 16.6 Å². The fourth-order valence-electron chi connectivity index (χ4n) is 2.16. The van der Waals surface area contributed by atoms with Gasteiger partial charge in [-0.3, -0.25) is 4.79 Å². The molecule has 1 aromatic heterocycles. The van der Waals surface area contributed by atoms with Gasteiger partial charge in [-0.05, 0) is 23.8 Å². The summed E-state index contributed by atoms with van der Waals surface area (Å²) in [7, 11) is 0. The number of hydrogen-bond donors (Lipinski definition) is 2. The summed E-state index contributed by atoms with van der Waals surface area (Å²) < 4.78 is 1.73. The predicted molar refractivity (Wildman–Crippen MR) is 84.7 cm³/mol. The summed E-state index contributed by atoms with van der Waals surface area (Å²) in [6, 6.07) is 13.2. The third kappa shape index (κ3) is 2.74. The summed E-state index contributed by atoms with van der Waals surface area (Å²) in [4.78, 5) is 11.4. The summed E-state index contributed by atoms with van der Waals surface area (Å²) in [5, 5.41) is 5.32. The Hall–Kier alpha value is -2.37. The van der Waals surface area contributed by atoms with Crippen molar-refractivity contribution in [1.29, 1.82) is 0 Å². The van der Waals surface area contributed by atoms with Gasteiger partial charge in [0.25, 0.3) is 5.91 Å². The Morgan fingerprint density at radius 1 is 1.14 bits per heavy atom. The topological polar surface area (TPSA) is 86.9 Å². The van der Waals surface area contributed by atoms with Gasteiger partial charge in [-0.15, -0.1) is 12.4 Å². The number of fused-ring (bicyclic) bond motifs is 1. The molecule has 1 heterocycles. The van der Waals surface area contributed by atoms with Crippen LogP contribution in [0, 0.1) is 0 Å². The largest absolute Gasteiger partial charge is 0.366 e. The molecule has 0 fully saturated rings. The van der Waals surface area contributed by atoms with Crippen LogP contribution in [-0.4, -0.2) is 15.7 Å². The highest BCUT2D eigenvalue weighted by Gasteiger charge is 2.10. The number of hydrogen-bond acceptors (Lipinski definition) is 3. The lowest BCUT2D eigenvalue weighted by Crippen LogP contribution is -2.11. The minimum Gasteiger partial charge on any atom is -0.366 e. The van der Waals surface area contributed by atoms with Crippen molar-refractivity contribution in [2.75, 3.05) is 0 Å². The molecular weight excluding hydrogens is 288 g/mol. The van der Waals surface area contributed by atoms with Gasteiger partial charge in [0.2, 0.25) is 0 Å². The summed E-state index contributed by atoms with van der Waals surface area (Å²) in [5.41, 5.74) is 14.0. The number of carbonyl (C=O) groups is 1. The Kier molecular flexibility index (Phi) is 4.26. The van der Waals surface area contributed by atoms with Crippen LogP contribution in [0.3, 0.4) is 0 Å².